The third-order valence-electron chi connectivity index (χ3n) is 6.13. The number of imidazole rings is 1. The van der Waals surface area contributed by atoms with Gasteiger partial charge in [-0.1, -0.05) is 12.1 Å². The fraction of sp³-hybridized carbons (Fsp3) is 0.348. The number of anilines is 2. The fourth-order valence-electron chi connectivity index (χ4n) is 4.57. The molecule has 190 valence electrons. The minimum absolute atomic E-state index is 0.00421. The van der Waals surface area contributed by atoms with E-state index in [0.29, 0.717) is 11.0 Å². The van der Waals surface area contributed by atoms with Crippen LogP contribution in [-0.4, -0.2) is 58.8 Å². The summed E-state index contributed by atoms with van der Waals surface area (Å²) in [6.45, 7) is 1.48. The molecular formula is C23H22F3N5O5. The van der Waals surface area contributed by atoms with Gasteiger partial charge in [-0.05, 0) is 31.2 Å². The molecule has 10 nitrogen and oxygen atoms in total. The number of hydrogen-bond donors (Lipinski definition) is 3. The van der Waals surface area contributed by atoms with E-state index in [4.69, 9.17) is 19.9 Å². The number of methoxy groups -OCH3 is 2. The molecule has 3 atom stereocenters. The first-order valence-corrected chi connectivity index (χ1v) is 10.6. The summed E-state index contributed by atoms with van der Waals surface area (Å²) in [7, 11) is 2.65. The number of ketones is 1. The topological polar surface area (TPSA) is 145 Å². The lowest BCUT2D eigenvalue weighted by atomic mass is 9.83. The lowest BCUT2D eigenvalue weighted by Crippen LogP contribution is -2.60. The highest BCUT2D eigenvalue weighted by atomic mass is 19.4. The zero-order valence-corrected chi connectivity index (χ0v) is 19.3. The van der Waals surface area contributed by atoms with Gasteiger partial charge in [0.25, 0.3) is 5.78 Å². The quantitative estimate of drug-likeness (QED) is 0.151. The van der Waals surface area contributed by atoms with Gasteiger partial charge in [0, 0.05) is 25.3 Å². The molecule has 4 rings (SSSR count). The maximum absolute atomic E-state index is 13.3. The summed E-state index contributed by atoms with van der Waals surface area (Å²) < 4.78 is 58.0. The number of aromatic nitrogens is 2. The van der Waals surface area contributed by atoms with Crippen molar-refractivity contribution in [1.29, 1.82) is 5.26 Å². The zero-order valence-electron chi connectivity index (χ0n) is 19.3. The molecule has 0 fully saturated rings. The smallest absolute Gasteiger partial charge is 0.454 e. The number of aliphatic hydroxyl groups is 1. The number of para-hydroxylation sites is 2. The first-order valence-electron chi connectivity index (χ1n) is 10.6. The number of hydrogen-bond acceptors (Lipinski definition) is 9. The lowest BCUT2D eigenvalue weighted by molar-refractivity contribution is -0.238. The number of benzene rings is 2. The summed E-state index contributed by atoms with van der Waals surface area (Å²) in [6, 6.07) is 7.30. The molecule has 4 N–H and O–H groups in total. The third-order valence-corrected chi connectivity index (χ3v) is 6.13. The van der Waals surface area contributed by atoms with Crippen molar-refractivity contribution in [2.24, 2.45) is 0 Å². The maximum atomic E-state index is 13.3. The largest absolute Gasteiger partial charge is 0.477 e. The molecule has 2 heterocycles. The summed E-state index contributed by atoms with van der Waals surface area (Å²) in [5.41, 5.74) is 4.29. The van der Waals surface area contributed by atoms with Crippen LogP contribution in [0.2, 0.25) is 0 Å². The highest BCUT2D eigenvalue weighted by Crippen LogP contribution is 2.49. The molecule has 0 bridgehead atoms. The number of nitrogens with two attached hydrogens (primary N) is 1. The van der Waals surface area contributed by atoms with Gasteiger partial charge in [-0.25, -0.2) is 4.98 Å². The second-order valence-electron chi connectivity index (χ2n) is 8.32. The van der Waals surface area contributed by atoms with Gasteiger partial charge in [-0.3, -0.25) is 14.7 Å². The van der Waals surface area contributed by atoms with Gasteiger partial charge in [0.05, 0.1) is 22.8 Å². The Bertz CT molecular complexity index is 1360. The molecule has 0 saturated heterocycles. The van der Waals surface area contributed by atoms with E-state index in [1.165, 1.54) is 25.7 Å². The lowest BCUT2D eigenvalue weighted by Gasteiger charge is -2.47. The standard InChI is InChI=1S/C23H22F3N5O5/c1-22(20(34-2)35-3)19(33)16(31-15-7-5-4-6-14(15)30-21(31)29-10-27)12-8-11(18(32)23(24,25)26)9-13(28)17(12)36-22/h4-9,16,19-20,33H,28H2,1-3H3,(H,29,30)/t16-,19+,22-/m0/s1. The molecular weight excluding hydrogens is 483 g/mol. The monoisotopic (exact) mass is 505 g/mol. The number of nitriles is 1. The predicted molar refractivity (Wildman–Crippen MR) is 121 cm³/mol. The minimum atomic E-state index is -5.16. The van der Waals surface area contributed by atoms with E-state index in [-0.39, 0.29) is 22.9 Å². The summed E-state index contributed by atoms with van der Waals surface area (Å²) >= 11 is 0. The minimum Gasteiger partial charge on any atom is -0.477 e. The zero-order chi connectivity index (χ0) is 26.4. The van der Waals surface area contributed by atoms with Crippen LogP contribution in [0.25, 0.3) is 11.0 Å². The second-order valence-corrected chi connectivity index (χ2v) is 8.32. The Morgan fingerprint density at radius 3 is 2.61 bits per heavy atom. The molecule has 36 heavy (non-hydrogen) atoms. The van der Waals surface area contributed by atoms with E-state index in [9.17, 15) is 28.3 Å². The summed E-state index contributed by atoms with van der Waals surface area (Å²) in [5.74, 6) is -2.20. The first kappa shape index (κ1) is 25.2. The Labute approximate surface area is 203 Å². The maximum Gasteiger partial charge on any atom is 0.454 e. The van der Waals surface area contributed by atoms with Gasteiger partial charge >= 0.3 is 6.18 Å². The number of alkyl halides is 3. The Morgan fingerprint density at radius 1 is 1.33 bits per heavy atom. The van der Waals surface area contributed by atoms with Crippen LogP contribution < -0.4 is 15.8 Å². The number of carbonyl (C=O) groups excluding carboxylic acids is 1. The predicted octanol–water partition coefficient (Wildman–Crippen LogP) is 2.98. The number of fused-ring (bicyclic) bond motifs is 2. The van der Waals surface area contributed by atoms with Crippen molar-refractivity contribution in [2.45, 2.75) is 37.1 Å². The second kappa shape index (κ2) is 8.98. The van der Waals surface area contributed by atoms with Crippen LogP contribution in [0.15, 0.2) is 36.4 Å². The van der Waals surface area contributed by atoms with Crippen molar-refractivity contribution in [1.82, 2.24) is 9.55 Å². The number of carbonyl (C=O) groups is 1. The number of aliphatic hydroxyl groups excluding tert-OH is 1. The van der Waals surface area contributed by atoms with Gasteiger partial charge in [0.2, 0.25) is 5.95 Å². The average molecular weight is 505 g/mol. The molecule has 3 aromatic rings. The van der Waals surface area contributed by atoms with Crippen molar-refractivity contribution >= 4 is 28.5 Å². The highest BCUT2D eigenvalue weighted by molar-refractivity contribution is 6.01. The van der Waals surface area contributed by atoms with Crippen molar-refractivity contribution < 1.29 is 37.3 Å². The van der Waals surface area contributed by atoms with Crippen LogP contribution in [0, 0.1) is 11.5 Å². The number of nitrogen functional groups attached to an aromatic ring is 1. The van der Waals surface area contributed by atoms with Crippen molar-refractivity contribution in [3.05, 3.63) is 47.5 Å². The summed E-state index contributed by atoms with van der Waals surface area (Å²) in [6.07, 6.45) is -6.10. The molecule has 1 aliphatic heterocycles. The van der Waals surface area contributed by atoms with Crippen molar-refractivity contribution in [3.63, 3.8) is 0 Å². The number of Topliss-reactive ketones (excluding diaryl/α,β-unsaturated/α-hetero) is 1. The molecule has 0 aliphatic carbocycles. The van der Waals surface area contributed by atoms with E-state index < -0.39 is 41.6 Å². The number of nitrogens with one attached hydrogen (secondary N) is 1. The van der Waals surface area contributed by atoms with Crippen LogP contribution in [-0.2, 0) is 9.47 Å². The normalized spacial score (nSPS) is 21.6. The van der Waals surface area contributed by atoms with E-state index >= 15 is 0 Å². The van der Waals surface area contributed by atoms with Crippen LogP contribution in [0.3, 0.4) is 0 Å². The molecule has 0 amide bonds. The molecule has 1 aromatic heterocycles. The van der Waals surface area contributed by atoms with Gasteiger partial charge < -0.3 is 25.1 Å². The Balaban J connectivity index is 2.07. The van der Waals surface area contributed by atoms with Crippen molar-refractivity contribution in [2.75, 3.05) is 25.3 Å². The third kappa shape index (κ3) is 3.89. The van der Waals surface area contributed by atoms with Gasteiger partial charge in [0.1, 0.15) is 11.9 Å². The Kier molecular flexibility index (Phi) is 6.29. The van der Waals surface area contributed by atoms with E-state index in [0.717, 1.165) is 12.1 Å². The molecule has 0 radical (unpaired) electrons. The van der Waals surface area contributed by atoms with Crippen LogP contribution in [0.5, 0.6) is 5.75 Å². The molecule has 2 aromatic carbocycles. The Hall–Kier alpha value is -3.86. The number of nitrogens with zero attached hydrogens (tertiary/aromatic N) is 3. The van der Waals surface area contributed by atoms with Gasteiger partial charge in [-0.15, -0.1) is 0 Å². The van der Waals surface area contributed by atoms with E-state index in [1.54, 1.807) is 30.5 Å². The SMILES string of the molecule is COC(OC)[C@@]1(C)Oc2c(N)cc(C(=O)C(F)(F)F)cc2[C@H](n2c(NC#N)nc3ccccc32)[C@H]1O. The average Bonchev–Trinajstić information content (AvgIpc) is 3.18. The molecule has 0 saturated carbocycles. The van der Waals surface area contributed by atoms with Crippen LogP contribution in [0.1, 0.15) is 28.9 Å². The molecule has 0 unspecified atom stereocenters. The first-order chi connectivity index (χ1) is 17.0. The van der Waals surface area contributed by atoms with Crippen LogP contribution in [0.4, 0.5) is 24.8 Å². The van der Waals surface area contributed by atoms with Crippen LogP contribution >= 0.6 is 0 Å². The fourth-order valence-corrected chi connectivity index (χ4v) is 4.57. The van der Waals surface area contributed by atoms with E-state index in [2.05, 4.69) is 10.3 Å². The Morgan fingerprint density at radius 2 is 2.00 bits per heavy atom. The van der Waals surface area contributed by atoms with Crippen molar-refractivity contribution in [3.8, 4) is 11.9 Å². The number of rotatable bonds is 6. The number of halogens is 3. The highest BCUT2D eigenvalue weighted by Gasteiger charge is 2.54. The van der Waals surface area contributed by atoms with Gasteiger partial charge in [-0.2, -0.15) is 18.4 Å². The molecule has 0 spiro atoms. The summed E-state index contributed by atoms with van der Waals surface area (Å²) in [5, 5.41) is 23.4. The summed E-state index contributed by atoms with van der Waals surface area (Å²) in [4.78, 5) is 16.5. The molecule has 1 aliphatic rings. The van der Waals surface area contributed by atoms with E-state index in [1.807, 2.05) is 0 Å². The molecule has 13 heteroatoms. The number of ether oxygens (including phenoxy) is 3. The van der Waals surface area contributed by atoms with Gasteiger partial charge in [0.15, 0.2) is 18.1 Å².